The van der Waals surface area contributed by atoms with Gasteiger partial charge in [0.15, 0.2) is 5.65 Å². The molecule has 2 aliphatic rings. The van der Waals surface area contributed by atoms with Crippen molar-refractivity contribution in [3.63, 3.8) is 0 Å². The normalized spacial score (nSPS) is 16.9. The number of amides is 1. The van der Waals surface area contributed by atoms with Gasteiger partial charge in [-0.3, -0.25) is 9.48 Å². The molecule has 3 aromatic rings. The fourth-order valence-electron chi connectivity index (χ4n) is 4.29. The lowest BCUT2D eigenvalue weighted by Crippen LogP contribution is -2.14. The first-order valence-corrected chi connectivity index (χ1v) is 11.0. The van der Waals surface area contributed by atoms with E-state index in [1.54, 1.807) is 10.7 Å². The van der Waals surface area contributed by atoms with E-state index in [1.165, 1.54) is 12.8 Å². The van der Waals surface area contributed by atoms with Crippen LogP contribution >= 0.6 is 11.6 Å². The van der Waals surface area contributed by atoms with E-state index >= 15 is 0 Å². The highest BCUT2D eigenvalue weighted by molar-refractivity contribution is 6.32. The van der Waals surface area contributed by atoms with Crippen molar-refractivity contribution < 1.29 is 9.53 Å². The van der Waals surface area contributed by atoms with E-state index in [0.717, 1.165) is 48.1 Å². The molecule has 156 valence electrons. The molecule has 2 fully saturated rings. The van der Waals surface area contributed by atoms with Crippen molar-refractivity contribution in [2.45, 2.75) is 57.5 Å². The minimum absolute atomic E-state index is 0.180. The lowest BCUT2D eigenvalue weighted by molar-refractivity contribution is 0.102. The third-order valence-electron chi connectivity index (χ3n) is 6.01. The number of hydrogen-bond acceptors (Lipinski definition) is 4. The molecule has 0 aliphatic heterocycles. The van der Waals surface area contributed by atoms with Crippen LogP contribution in [-0.4, -0.2) is 26.8 Å². The highest BCUT2D eigenvalue weighted by Crippen LogP contribution is 2.40. The first kappa shape index (κ1) is 19.4. The van der Waals surface area contributed by atoms with Crippen molar-refractivity contribution in [1.82, 2.24) is 14.8 Å². The number of rotatable bonds is 5. The van der Waals surface area contributed by atoms with Gasteiger partial charge in [-0.2, -0.15) is 5.10 Å². The molecule has 0 unspecified atom stereocenters. The van der Waals surface area contributed by atoms with Crippen LogP contribution in [-0.2, 0) is 7.05 Å². The number of aromatic nitrogens is 3. The number of aryl methyl sites for hydroxylation is 2. The van der Waals surface area contributed by atoms with Gasteiger partial charge >= 0.3 is 0 Å². The van der Waals surface area contributed by atoms with Crippen LogP contribution in [0.25, 0.3) is 11.0 Å². The maximum absolute atomic E-state index is 13.2. The Kier molecular flexibility index (Phi) is 4.89. The number of nitrogens with one attached hydrogen (secondary N) is 1. The van der Waals surface area contributed by atoms with E-state index in [1.807, 2.05) is 32.2 Å². The predicted molar refractivity (Wildman–Crippen MR) is 118 cm³/mol. The molecule has 7 heteroatoms. The number of hydrogen-bond donors (Lipinski definition) is 1. The summed E-state index contributed by atoms with van der Waals surface area (Å²) in [5.74, 6) is 0.936. The SMILES string of the molecule is Cc1nn(C)c2nc(C3CC3)cc(C(=O)Nc3ccc(OC4CCCC4)c(Cl)c3)c12. The van der Waals surface area contributed by atoms with Gasteiger partial charge in [0.2, 0.25) is 0 Å². The summed E-state index contributed by atoms with van der Waals surface area (Å²) >= 11 is 6.44. The third-order valence-corrected chi connectivity index (χ3v) is 6.31. The summed E-state index contributed by atoms with van der Waals surface area (Å²) in [6.45, 7) is 1.91. The fraction of sp³-hybridized carbons (Fsp3) is 0.435. The highest BCUT2D eigenvalue weighted by atomic mass is 35.5. The molecule has 5 rings (SSSR count). The molecule has 2 aliphatic carbocycles. The topological polar surface area (TPSA) is 69.0 Å². The molecular formula is C23H25ClN4O2. The van der Waals surface area contributed by atoms with E-state index in [4.69, 9.17) is 21.3 Å². The van der Waals surface area contributed by atoms with Crippen LogP contribution in [0, 0.1) is 6.92 Å². The minimum Gasteiger partial charge on any atom is -0.489 e. The lowest BCUT2D eigenvalue weighted by Gasteiger charge is -2.15. The Balaban J connectivity index is 1.42. The number of halogens is 1. The number of ether oxygens (including phenoxy) is 1. The molecule has 1 amide bonds. The predicted octanol–water partition coefficient (Wildman–Crippen LogP) is 5.38. The van der Waals surface area contributed by atoms with Gasteiger partial charge in [-0.25, -0.2) is 4.98 Å². The van der Waals surface area contributed by atoms with Gasteiger partial charge in [-0.05, 0) is 69.7 Å². The number of benzene rings is 1. The number of pyridine rings is 1. The van der Waals surface area contributed by atoms with Crippen LogP contribution in [0.15, 0.2) is 24.3 Å². The molecule has 0 bridgehead atoms. The zero-order valence-corrected chi connectivity index (χ0v) is 18.0. The van der Waals surface area contributed by atoms with Crippen LogP contribution < -0.4 is 10.1 Å². The average molecular weight is 425 g/mol. The molecule has 1 aromatic carbocycles. The summed E-state index contributed by atoms with van der Waals surface area (Å²) in [5.41, 5.74) is 3.76. The number of nitrogens with zero attached hydrogens (tertiary/aromatic N) is 3. The smallest absolute Gasteiger partial charge is 0.256 e. The summed E-state index contributed by atoms with van der Waals surface area (Å²) < 4.78 is 7.76. The Labute approximate surface area is 180 Å². The van der Waals surface area contributed by atoms with Gasteiger partial charge in [-0.1, -0.05) is 11.6 Å². The van der Waals surface area contributed by atoms with E-state index in [9.17, 15) is 4.79 Å². The molecule has 0 atom stereocenters. The summed E-state index contributed by atoms with van der Waals surface area (Å²) in [5, 5.41) is 8.77. The molecule has 30 heavy (non-hydrogen) atoms. The third kappa shape index (κ3) is 3.65. The molecule has 6 nitrogen and oxygen atoms in total. The fourth-order valence-corrected chi connectivity index (χ4v) is 4.51. The molecular weight excluding hydrogens is 400 g/mol. The minimum atomic E-state index is -0.180. The first-order valence-electron chi connectivity index (χ1n) is 10.6. The van der Waals surface area contributed by atoms with Gasteiger partial charge < -0.3 is 10.1 Å². The van der Waals surface area contributed by atoms with Crippen LogP contribution in [0.3, 0.4) is 0 Å². The molecule has 2 saturated carbocycles. The van der Waals surface area contributed by atoms with Crippen LogP contribution in [0.2, 0.25) is 5.02 Å². The monoisotopic (exact) mass is 424 g/mol. The molecule has 2 aromatic heterocycles. The first-order chi connectivity index (χ1) is 14.5. The van der Waals surface area contributed by atoms with E-state index < -0.39 is 0 Å². The molecule has 1 N–H and O–H groups in total. The Bertz CT molecular complexity index is 1130. The summed E-state index contributed by atoms with van der Waals surface area (Å²) in [4.78, 5) is 18.0. The summed E-state index contributed by atoms with van der Waals surface area (Å²) in [6, 6.07) is 7.34. The van der Waals surface area contributed by atoms with Gasteiger partial charge in [0.1, 0.15) is 5.75 Å². The van der Waals surface area contributed by atoms with E-state index in [-0.39, 0.29) is 12.0 Å². The molecule has 0 saturated heterocycles. The standard InChI is InChI=1S/C23H25ClN4O2/c1-13-21-17(12-19(14-7-8-14)26-22(21)28(2)27-13)23(29)25-15-9-10-20(18(24)11-15)30-16-5-3-4-6-16/h9-12,14,16H,3-8H2,1-2H3,(H,25,29). The Hall–Kier alpha value is -2.60. The van der Waals surface area contributed by atoms with Crippen molar-refractivity contribution in [1.29, 1.82) is 0 Å². The van der Waals surface area contributed by atoms with Crippen molar-refractivity contribution in [3.05, 3.63) is 46.2 Å². The molecule has 0 radical (unpaired) electrons. The summed E-state index contributed by atoms with van der Waals surface area (Å²) in [7, 11) is 1.86. The highest BCUT2D eigenvalue weighted by Gasteiger charge is 2.28. The quantitative estimate of drug-likeness (QED) is 0.596. The van der Waals surface area contributed by atoms with Crippen molar-refractivity contribution >= 4 is 34.2 Å². The second-order valence-corrected chi connectivity index (χ2v) is 8.81. The lowest BCUT2D eigenvalue weighted by atomic mass is 10.1. The van der Waals surface area contributed by atoms with Crippen molar-refractivity contribution in [2.24, 2.45) is 7.05 Å². The molecule has 0 spiro atoms. The second-order valence-electron chi connectivity index (χ2n) is 8.40. The van der Waals surface area contributed by atoms with Gasteiger partial charge in [0.05, 0.1) is 27.8 Å². The van der Waals surface area contributed by atoms with Crippen molar-refractivity contribution in [3.8, 4) is 5.75 Å². The van der Waals surface area contributed by atoms with E-state index in [0.29, 0.717) is 27.9 Å². The zero-order valence-electron chi connectivity index (χ0n) is 17.2. The van der Waals surface area contributed by atoms with Crippen molar-refractivity contribution in [2.75, 3.05) is 5.32 Å². The number of fused-ring (bicyclic) bond motifs is 1. The summed E-state index contributed by atoms with van der Waals surface area (Å²) in [6.07, 6.45) is 7.02. The zero-order chi connectivity index (χ0) is 20.8. The maximum Gasteiger partial charge on any atom is 0.256 e. The number of carbonyl (C=O) groups excluding carboxylic acids is 1. The Morgan fingerprint density at radius 1 is 1.20 bits per heavy atom. The average Bonchev–Trinajstić information content (AvgIpc) is 3.37. The number of anilines is 1. The second kappa shape index (κ2) is 7.58. The van der Waals surface area contributed by atoms with Gasteiger partial charge in [0, 0.05) is 24.3 Å². The number of carbonyl (C=O) groups is 1. The van der Waals surface area contributed by atoms with Crippen LogP contribution in [0.5, 0.6) is 5.75 Å². The Morgan fingerprint density at radius 2 is 1.97 bits per heavy atom. The van der Waals surface area contributed by atoms with E-state index in [2.05, 4.69) is 10.4 Å². The van der Waals surface area contributed by atoms with Crippen LogP contribution in [0.1, 0.15) is 66.2 Å². The molecule has 2 heterocycles. The maximum atomic E-state index is 13.2. The van der Waals surface area contributed by atoms with Gasteiger partial charge in [0.25, 0.3) is 5.91 Å². The largest absolute Gasteiger partial charge is 0.489 e. The van der Waals surface area contributed by atoms with Crippen LogP contribution in [0.4, 0.5) is 5.69 Å². The van der Waals surface area contributed by atoms with Gasteiger partial charge in [-0.15, -0.1) is 0 Å². The Morgan fingerprint density at radius 3 is 2.67 bits per heavy atom.